The van der Waals surface area contributed by atoms with Gasteiger partial charge in [0.2, 0.25) is 0 Å². The minimum absolute atomic E-state index is 0.0181. The lowest BCUT2D eigenvalue weighted by molar-refractivity contribution is -0.277. The Morgan fingerprint density at radius 1 is 0.767 bits per heavy atom. The molecule has 2 saturated heterocycles. The fourth-order valence-electron chi connectivity index (χ4n) is 8.02. The molecule has 308 valence electrons. The first kappa shape index (κ1) is 41.2. The van der Waals surface area contributed by atoms with Crippen LogP contribution < -0.4 is 15.4 Å². The largest absolute Gasteiger partial charge is 0.457 e. The van der Waals surface area contributed by atoms with E-state index in [-0.39, 0.29) is 30.8 Å². The highest BCUT2D eigenvalue weighted by Gasteiger charge is 2.41. The van der Waals surface area contributed by atoms with Crippen LogP contribution in [0.25, 0.3) is 11.1 Å². The highest BCUT2D eigenvalue weighted by molar-refractivity contribution is 6.30. The van der Waals surface area contributed by atoms with Crippen molar-refractivity contribution in [1.29, 1.82) is 0 Å². The Kier molecular flexibility index (Phi) is 12.9. The number of urea groups is 1. The molecule has 2 heterocycles. The summed E-state index contributed by atoms with van der Waals surface area (Å²) in [4.78, 5) is 15.2. The van der Waals surface area contributed by atoms with Crippen molar-refractivity contribution < 1.29 is 29.2 Å². The number of anilines is 1. The highest BCUT2D eigenvalue weighted by atomic mass is 35.5. The van der Waals surface area contributed by atoms with Crippen molar-refractivity contribution in [3.8, 4) is 22.6 Å². The number of halogens is 1. The van der Waals surface area contributed by atoms with Gasteiger partial charge >= 0.3 is 6.03 Å². The fraction of sp³-hybridized carbons (Fsp3) is 0.260. The molecule has 0 bridgehead atoms. The number of aliphatic hydroxyl groups is 2. The number of amides is 2. The van der Waals surface area contributed by atoms with E-state index in [1.54, 1.807) is 12.1 Å². The molecule has 0 saturated carbocycles. The molecule has 2 aliphatic heterocycles. The van der Waals surface area contributed by atoms with Crippen LogP contribution in [0.1, 0.15) is 60.0 Å². The Morgan fingerprint density at radius 3 is 2.15 bits per heavy atom. The van der Waals surface area contributed by atoms with Crippen LogP contribution in [0.2, 0.25) is 5.02 Å². The number of carbonyl (C=O) groups is 1. The quantitative estimate of drug-likeness (QED) is 0.0972. The van der Waals surface area contributed by atoms with Gasteiger partial charge in [-0.15, -0.1) is 0 Å². The number of rotatable bonds is 12. The van der Waals surface area contributed by atoms with Gasteiger partial charge in [-0.05, 0) is 101 Å². The van der Waals surface area contributed by atoms with Gasteiger partial charge in [0.1, 0.15) is 11.5 Å². The van der Waals surface area contributed by atoms with Gasteiger partial charge < -0.3 is 40.0 Å². The monoisotopic (exact) mass is 823 g/mol. The van der Waals surface area contributed by atoms with Crippen molar-refractivity contribution in [2.24, 2.45) is 5.92 Å². The summed E-state index contributed by atoms with van der Waals surface area (Å²) in [6.07, 6.45) is 0.274. The Morgan fingerprint density at radius 2 is 1.45 bits per heavy atom. The smallest absolute Gasteiger partial charge is 0.319 e. The summed E-state index contributed by atoms with van der Waals surface area (Å²) in [6, 6.07) is 48.4. The first-order valence-electron chi connectivity index (χ1n) is 20.5. The number of ether oxygens (including phenoxy) is 3. The third-order valence-electron chi connectivity index (χ3n) is 11.6. The molecule has 4 unspecified atom stereocenters. The fourth-order valence-corrected chi connectivity index (χ4v) is 8.14. The topological polar surface area (TPSA) is 113 Å². The molecule has 2 aliphatic rings. The summed E-state index contributed by atoms with van der Waals surface area (Å²) in [7, 11) is 0. The average Bonchev–Trinajstić information content (AvgIpc) is 3.28. The summed E-state index contributed by atoms with van der Waals surface area (Å²) >= 11 is 6.12. The third kappa shape index (κ3) is 10.1. The zero-order valence-electron chi connectivity index (χ0n) is 33.5. The molecule has 60 heavy (non-hydrogen) atoms. The standard InChI is InChI=1S/C50H50ClN3O6/c1-34-46(32-54-28-26-50(57,27-29-54)41-18-20-42(51)21-19-41)59-48(60-47(34)38-12-10-35(33-55)11-13-38)39-16-14-37(15-17-39)40-7-5-6-36(30-40)31-52-49(56)53-43-22-24-45(25-23-43)58-44-8-3-2-4-9-44/h2-25,30,34,46-48,55,57H,26-29,31-33H2,1H3,(H2,52,53,56). The van der Waals surface area contributed by atoms with Gasteiger partial charge in [-0.3, -0.25) is 0 Å². The number of likely N-dealkylation sites (tertiary alicyclic amines) is 1. The molecule has 4 atom stereocenters. The number of aliphatic hydroxyl groups excluding tert-OH is 1. The van der Waals surface area contributed by atoms with Gasteiger partial charge in [-0.1, -0.05) is 116 Å². The van der Waals surface area contributed by atoms with Crippen LogP contribution in [-0.4, -0.2) is 46.9 Å². The average molecular weight is 824 g/mol. The Hall–Kier alpha value is -5.52. The van der Waals surface area contributed by atoms with Gasteiger partial charge in [0.05, 0.1) is 24.4 Å². The van der Waals surface area contributed by atoms with E-state index in [2.05, 4.69) is 58.9 Å². The predicted octanol–water partition coefficient (Wildman–Crippen LogP) is 10.4. The van der Waals surface area contributed by atoms with E-state index in [1.807, 2.05) is 103 Å². The lowest BCUT2D eigenvalue weighted by Crippen LogP contribution is -2.49. The second-order valence-electron chi connectivity index (χ2n) is 15.7. The van der Waals surface area contributed by atoms with Crippen molar-refractivity contribution in [3.05, 3.63) is 184 Å². The van der Waals surface area contributed by atoms with E-state index in [1.165, 1.54) is 0 Å². The first-order chi connectivity index (χ1) is 29.2. The maximum atomic E-state index is 12.8. The van der Waals surface area contributed by atoms with Crippen LogP contribution in [0.4, 0.5) is 10.5 Å². The van der Waals surface area contributed by atoms with E-state index in [0.29, 0.717) is 42.4 Å². The predicted molar refractivity (Wildman–Crippen MR) is 235 cm³/mol. The number of carbonyl (C=O) groups excluding carboxylic acids is 1. The van der Waals surface area contributed by atoms with E-state index in [0.717, 1.165) is 57.8 Å². The van der Waals surface area contributed by atoms with Crippen molar-refractivity contribution in [2.45, 2.75) is 57.0 Å². The molecular weight excluding hydrogens is 774 g/mol. The van der Waals surface area contributed by atoms with Gasteiger partial charge in [-0.2, -0.15) is 0 Å². The number of nitrogens with one attached hydrogen (secondary N) is 2. The van der Waals surface area contributed by atoms with Gasteiger partial charge in [0, 0.05) is 48.4 Å². The van der Waals surface area contributed by atoms with Crippen LogP contribution in [0.5, 0.6) is 11.5 Å². The molecule has 6 aromatic rings. The molecule has 0 spiro atoms. The first-order valence-corrected chi connectivity index (χ1v) is 20.9. The minimum Gasteiger partial charge on any atom is -0.457 e. The number of hydrogen-bond acceptors (Lipinski definition) is 7. The number of piperidine rings is 1. The van der Waals surface area contributed by atoms with E-state index in [9.17, 15) is 15.0 Å². The molecule has 0 radical (unpaired) electrons. The summed E-state index contributed by atoms with van der Waals surface area (Å²) < 4.78 is 19.4. The van der Waals surface area contributed by atoms with Gasteiger partial charge in [0.15, 0.2) is 6.29 Å². The van der Waals surface area contributed by atoms with Gasteiger partial charge in [-0.25, -0.2) is 4.79 Å². The molecule has 9 nitrogen and oxygen atoms in total. The summed E-state index contributed by atoms with van der Waals surface area (Å²) in [5, 5.41) is 27.7. The molecular formula is C50H50ClN3O6. The lowest BCUT2D eigenvalue weighted by atomic mass is 9.84. The zero-order chi connectivity index (χ0) is 41.5. The van der Waals surface area contributed by atoms with E-state index >= 15 is 0 Å². The van der Waals surface area contributed by atoms with Crippen LogP contribution >= 0.6 is 11.6 Å². The molecule has 2 amide bonds. The summed E-state index contributed by atoms with van der Waals surface area (Å²) in [6.45, 7) is 4.69. The SMILES string of the molecule is CC1C(CN2CCC(O)(c3ccc(Cl)cc3)CC2)OC(c2ccc(-c3cccc(CNC(=O)Nc4ccc(Oc5ccccc5)cc4)c3)cc2)OC1c1ccc(CO)cc1. The molecule has 0 aliphatic carbocycles. The number of benzene rings is 6. The number of hydrogen-bond donors (Lipinski definition) is 4. The zero-order valence-corrected chi connectivity index (χ0v) is 34.3. The van der Waals surface area contributed by atoms with Crippen LogP contribution in [0.3, 0.4) is 0 Å². The summed E-state index contributed by atoms with van der Waals surface area (Å²) in [5.74, 6) is 1.47. The molecule has 8 rings (SSSR count). The van der Waals surface area contributed by atoms with Crippen LogP contribution in [0.15, 0.2) is 152 Å². The maximum absolute atomic E-state index is 12.8. The normalized spacial score (nSPS) is 20.3. The highest BCUT2D eigenvalue weighted by Crippen LogP contribution is 2.43. The molecule has 0 aromatic heterocycles. The Labute approximate surface area is 356 Å². The Bertz CT molecular complexity index is 2320. The molecule has 6 aromatic carbocycles. The summed E-state index contributed by atoms with van der Waals surface area (Å²) in [5.41, 5.74) is 6.50. The van der Waals surface area contributed by atoms with Crippen LogP contribution in [-0.2, 0) is 28.2 Å². The van der Waals surface area contributed by atoms with Crippen LogP contribution in [0, 0.1) is 5.92 Å². The maximum Gasteiger partial charge on any atom is 0.319 e. The second kappa shape index (κ2) is 18.8. The third-order valence-corrected chi connectivity index (χ3v) is 11.9. The Balaban J connectivity index is 0.905. The van der Waals surface area contributed by atoms with Crippen molar-refractivity contribution in [2.75, 3.05) is 25.0 Å². The second-order valence-corrected chi connectivity index (χ2v) is 16.2. The molecule has 2 fully saturated rings. The molecule has 4 N–H and O–H groups in total. The minimum atomic E-state index is -0.887. The van der Waals surface area contributed by atoms with Crippen molar-refractivity contribution >= 4 is 23.3 Å². The van der Waals surface area contributed by atoms with Gasteiger partial charge in [0.25, 0.3) is 0 Å². The number of nitrogens with zero attached hydrogens (tertiary/aromatic N) is 1. The van der Waals surface area contributed by atoms with Crippen molar-refractivity contribution in [3.63, 3.8) is 0 Å². The van der Waals surface area contributed by atoms with Crippen molar-refractivity contribution in [1.82, 2.24) is 10.2 Å². The lowest BCUT2D eigenvalue weighted by Gasteiger charge is -2.45. The molecule has 10 heteroatoms. The van der Waals surface area contributed by atoms with E-state index < -0.39 is 11.9 Å². The number of para-hydroxylation sites is 1. The van der Waals surface area contributed by atoms with E-state index in [4.69, 9.17) is 25.8 Å².